The summed E-state index contributed by atoms with van der Waals surface area (Å²) in [6, 6.07) is 17.0. The molecule has 0 aliphatic carbocycles. The Morgan fingerprint density at radius 3 is 2.68 bits per heavy atom. The molecule has 28 heavy (non-hydrogen) atoms. The fourth-order valence-corrected chi connectivity index (χ4v) is 3.33. The molecule has 5 nitrogen and oxygen atoms in total. The van der Waals surface area contributed by atoms with Gasteiger partial charge in [0, 0.05) is 18.3 Å². The molecule has 4 rings (SSSR count). The Labute approximate surface area is 168 Å². The lowest BCUT2D eigenvalue weighted by Crippen LogP contribution is -2.23. The van der Waals surface area contributed by atoms with Gasteiger partial charge in [0.2, 0.25) is 0 Å². The third-order valence-electron chi connectivity index (χ3n) is 4.61. The van der Waals surface area contributed by atoms with Crippen molar-refractivity contribution >= 4 is 28.7 Å². The van der Waals surface area contributed by atoms with Crippen LogP contribution in [-0.2, 0) is 6.54 Å². The smallest absolute Gasteiger partial charge is 0.251 e. The van der Waals surface area contributed by atoms with Crippen LogP contribution in [0.2, 0.25) is 5.02 Å². The zero-order chi connectivity index (χ0) is 19.7. The molecule has 4 aromatic rings. The van der Waals surface area contributed by atoms with Crippen LogP contribution in [0.1, 0.15) is 27.3 Å². The van der Waals surface area contributed by atoms with Crippen LogP contribution in [0, 0.1) is 13.8 Å². The second-order valence-corrected chi connectivity index (χ2v) is 7.08. The summed E-state index contributed by atoms with van der Waals surface area (Å²) >= 11 is 6.44. The van der Waals surface area contributed by atoms with Crippen LogP contribution in [0.4, 0.5) is 0 Å². The molecule has 6 heteroatoms. The molecule has 0 atom stereocenters. The van der Waals surface area contributed by atoms with E-state index in [0.29, 0.717) is 28.5 Å². The highest BCUT2D eigenvalue weighted by Gasteiger charge is 2.15. The van der Waals surface area contributed by atoms with Gasteiger partial charge in [-0.05, 0) is 49.7 Å². The van der Waals surface area contributed by atoms with E-state index in [1.165, 1.54) is 5.56 Å². The highest BCUT2D eigenvalue weighted by atomic mass is 35.5. The number of carbonyl (C=O) groups excluding carboxylic acids is 1. The third-order valence-corrected chi connectivity index (χ3v) is 4.93. The molecule has 0 radical (unpaired) electrons. The van der Waals surface area contributed by atoms with E-state index in [1.54, 1.807) is 24.4 Å². The fourth-order valence-electron chi connectivity index (χ4n) is 3.13. The highest BCUT2D eigenvalue weighted by Crippen LogP contribution is 2.27. The maximum atomic E-state index is 12.7. The Kier molecular flexibility index (Phi) is 4.84. The minimum absolute atomic E-state index is 0.159. The van der Waals surface area contributed by atoms with Crippen molar-refractivity contribution in [1.82, 2.24) is 19.9 Å². The lowest BCUT2D eigenvalue weighted by Gasteiger charge is -2.11. The molecule has 0 aliphatic heterocycles. The monoisotopic (exact) mass is 390 g/mol. The second-order valence-electron chi connectivity index (χ2n) is 6.68. The summed E-state index contributed by atoms with van der Waals surface area (Å²) in [6.07, 6.45) is 1.71. The van der Waals surface area contributed by atoms with Crippen molar-refractivity contribution in [1.29, 1.82) is 0 Å². The molecule has 0 aliphatic rings. The van der Waals surface area contributed by atoms with Crippen LogP contribution < -0.4 is 5.32 Å². The molecule has 1 N–H and O–H groups in total. The van der Waals surface area contributed by atoms with Gasteiger partial charge in [0.1, 0.15) is 11.3 Å². The topological polar surface area (TPSA) is 59.8 Å². The van der Waals surface area contributed by atoms with Crippen LogP contribution in [0.5, 0.6) is 0 Å². The number of rotatable bonds is 4. The van der Waals surface area contributed by atoms with E-state index in [-0.39, 0.29) is 5.91 Å². The van der Waals surface area contributed by atoms with E-state index >= 15 is 0 Å². The fraction of sp³-hybridized carbons (Fsp3) is 0.136. The standard InChI is InChI=1S/C22H19ClN4O/c1-14-5-7-16(8-6-14)13-25-22(28)17-9-10-18(23)20(12-17)27-15(2)26-19-4-3-11-24-21(19)27/h3-12H,13H2,1-2H3,(H,25,28). The van der Waals surface area contributed by atoms with E-state index in [2.05, 4.69) is 15.3 Å². The lowest BCUT2D eigenvalue weighted by atomic mass is 10.1. The molecule has 2 aromatic heterocycles. The molecule has 0 saturated heterocycles. The quantitative estimate of drug-likeness (QED) is 0.553. The number of nitrogens with zero attached hydrogens (tertiary/aromatic N) is 3. The van der Waals surface area contributed by atoms with E-state index in [9.17, 15) is 4.79 Å². The lowest BCUT2D eigenvalue weighted by molar-refractivity contribution is 0.0951. The maximum absolute atomic E-state index is 12.7. The number of nitrogens with one attached hydrogen (secondary N) is 1. The van der Waals surface area contributed by atoms with Crippen molar-refractivity contribution in [2.24, 2.45) is 0 Å². The minimum atomic E-state index is -0.159. The summed E-state index contributed by atoms with van der Waals surface area (Å²) in [6.45, 7) is 4.39. The van der Waals surface area contributed by atoms with Gasteiger partial charge in [-0.1, -0.05) is 41.4 Å². The average Bonchev–Trinajstić information content (AvgIpc) is 3.03. The molecule has 0 unspecified atom stereocenters. The van der Waals surface area contributed by atoms with Crippen LogP contribution >= 0.6 is 11.6 Å². The first-order valence-electron chi connectivity index (χ1n) is 8.96. The van der Waals surface area contributed by atoms with Crippen molar-refractivity contribution < 1.29 is 4.79 Å². The number of amides is 1. The zero-order valence-corrected chi connectivity index (χ0v) is 16.4. The van der Waals surface area contributed by atoms with Crippen LogP contribution in [0.3, 0.4) is 0 Å². The largest absolute Gasteiger partial charge is 0.348 e. The van der Waals surface area contributed by atoms with Gasteiger partial charge in [0.05, 0.1) is 10.7 Å². The summed E-state index contributed by atoms with van der Waals surface area (Å²) in [5, 5.41) is 3.49. The minimum Gasteiger partial charge on any atom is -0.348 e. The van der Waals surface area contributed by atoms with Crippen molar-refractivity contribution in [3.8, 4) is 5.69 Å². The van der Waals surface area contributed by atoms with Gasteiger partial charge in [0.15, 0.2) is 5.65 Å². The van der Waals surface area contributed by atoms with E-state index in [1.807, 2.05) is 54.8 Å². The van der Waals surface area contributed by atoms with Gasteiger partial charge in [-0.25, -0.2) is 9.97 Å². The number of carbonyl (C=O) groups is 1. The maximum Gasteiger partial charge on any atom is 0.251 e. The number of benzene rings is 2. The van der Waals surface area contributed by atoms with Gasteiger partial charge < -0.3 is 5.32 Å². The van der Waals surface area contributed by atoms with Crippen LogP contribution in [0.25, 0.3) is 16.9 Å². The molecule has 2 aromatic carbocycles. The van der Waals surface area contributed by atoms with E-state index in [0.717, 1.165) is 16.9 Å². The van der Waals surface area contributed by atoms with Gasteiger partial charge in [-0.15, -0.1) is 0 Å². The van der Waals surface area contributed by atoms with Crippen molar-refractivity contribution in [3.05, 3.63) is 88.3 Å². The summed E-state index contributed by atoms with van der Waals surface area (Å²) in [5.74, 6) is 0.598. The summed E-state index contributed by atoms with van der Waals surface area (Å²) in [5.41, 5.74) is 4.94. The number of fused-ring (bicyclic) bond motifs is 1. The number of aryl methyl sites for hydroxylation is 2. The van der Waals surface area contributed by atoms with Gasteiger partial charge in [0.25, 0.3) is 5.91 Å². The molecule has 1 amide bonds. The molecule has 140 valence electrons. The summed E-state index contributed by atoms with van der Waals surface area (Å²) in [4.78, 5) is 21.6. The summed E-state index contributed by atoms with van der Waals surface area (Å²) in [7, 11) is 0. The number of hydrogen-bond acceptors (Lipinski definition) is 3. The third kappa shape index (κ3) is 3.49. The van der Waals surface area contributed by atoms with Crippen LogP contribution in [0.15, 0.2) is 60.8 Å². The van der Waals surface area contributed by atoms with Crippen molar-refractivity contribution in [2.75, 3.05) is 0 Å². The molecular formula is C22H19ClN4O. The molecule has 0 fully saturated rings. The Morgan fingerprint density at radius 2 is 1.89 bits per heavy atom. The number of imidazole rings is 1. The predicted octanol–water partition coefficient (Wildman–Crippen LogP) is 4.62. The molecule has 0 spiro atoms. The average molecular weight is 391 g/mol. The number of halogens is 1. The normalized spacial score (nSPS) is 11.0. The van der Waals surface area contributed by atoms with E-state index in [4.69, 9.17) is 11.6 Å². The predicted molar refractivity (Wildman–Crippen MR) is 111 cm³/mol. The van der Waals surface area contributed by atoms with Gasteiger partial charge in [-0.2, -0.15) is 0 Å². The number of hydrogen-bond donors (Lipinski definition) is 1. The van der Waals surface area contributed by atoms with Gasteiger partial charge in [-0.3, -0.25) is 9.36 Å². The molecule has 0 saturated carbocycles. The first-order valence-corrected chi connectivity index (χ1v) is 9.34. The number of pyridine rings is 1. The SMILES string of the molecule is Cc1ccc(CNC(=O)c2ccc(Cl)c(-n3c(C)nc4cccnc43)c2)cc1. The first kappa shape index (κ1) is 18.2. The molecule has 0 bridgehead atoms. The highest BCUT2D eigenvalue weighted by molar-refractivity contribution is 6.32. The molecular weight excluding hydrogens is 372 g/mol. The Bertz CT molecular complexity index is 1170. The Balaban J connectivity index is 1.64. The Morgan fingerprint density at radius 1 is 1.11 bits per heavy atom. The van der Waals surface area contributed by atoms with Crippen molar-refractivity contribution in [3.63, 3.8) is 0 Å². The zero-order valence-electron chi connectivity index (χ0n) is 15.6. The van der Waals surface area contributed by atoms with Gasteiger partial charge >= 0.3 is 0 Å². The van der Waals surface area contributed by atoms with Crippen LogP contribution in [-0.4, -0.2) is 20.4 Å². The number of aromatic nitrogens is 3. The molecule has 2 heterocycles. The van der Waals surface area contributed by atoms with E-state index < -0.39 is 0 Å². The van der Waals surface area contributed by atoms with Crippen molar-refractivity contribution in [2.45, 2.75) is 20.4 Å². The first-order chi connectivity index (χ1) is 13.5. The summed E-state index contributed by atoms with van der Waals surface area (Å²) < 4.78 is 1.87. The Hall–Kier alpha value is -3.18. The second kappa shape index (κ2) is 7.44.